The summed E-state index contributed by atoms with van der Waals surface area (Å²) >= 11 is 5.97. The first kappa shape index (κ1) is 15.2. The summed E-state index contributed by atoms with van der Waals surface area (Å²) in [7, 11) is 0. The minimum atomic E-state index is -0.943. The maximum absolute atomic E-state index is 11.5. The summed E-state index contributed by atoms with van der Waals surface area (Å²) in [6.07, 6.45) is 2.89. The van der Waals surface area contributed by atoms with Crippen molar-refractivity contribution in [1.82, 2.24) is 5.32 Å². The van der Waals surface area contributed by atoms with Crippen molar-refractivity contribution < 1.29 is 14.7 Å². The third-order valence-corrected chi connectivity index (χ3v) is 2.90. The maximum Gasteiger partial charge on any atom is 0.305 e. The van der Waals surface area contributed by atoms with Crippen LogP contribution in [0.3, 0.4) is 0 Å². The zero-order chi connectivity index (χ0) is 14.4. The molecule has 0 aromatic heterocycles. The Balaban J connectivity index is 2.58. The number of hydrogen-bond acceptors (Lipinski definition) is 2. The van der Waals surface area contributed by atoms with Gasteiger partial charge in [-0.2, -0.15) is 0 Å². The molecule has 1 aromatic carbocycles. The molecular formula is C14H16ClNO3. The first-order chi connectivity index (χ1) is 8.88. The van der Waals surface area contributed by atoms with Gasteiger partial charge in [0.25, 0.3) is 0 Å². The van der Waals surface area contributed by atoms with E-state index in [1.807, 2.05) is 19.1 Å². The van der Waals surface area contributed by atoms with Crippen molar-refractivity contribution in [3.05, 3.63) is 40.4 Å². The highest BCUT2D eigenvalue weighted by Crippen LogP contribution is 2.17. The number of benzene rings is 1. The monoisotopic (exact) mass is 281 g/mol. The predicted molar refractivity (Wildman–Crippen MR) is 75.1 cm³/mol. The lowest BCUT2D eigenvalue weighted by Crippen LogP contribution is -2.32. The van der Waals surface area contributed by atoms with Gasteiger partial charge in [0.05, 0.1) is 6.42 Å². The van der Waals surface area contributed by atoms with Gasteiger partial charge >= 0.3 is 5.97 Å². The largest absolute Gasteiger partial charge is 0.481 e. The van der Waals surface area contributed by atoms with Crippen molar-refractivity contribution in [2.24, 2.45) is 0 Å². The van der Waals surface area contributed by atoms with Crippen LogP contribution < -0.4 is 5.32 Å². The summed E-state index contributed by atoms with van der Waals surface area (Å²) in [5, 5.41) is 11.8. The van der Waals surface area contributed by atoms with E-state index in [9.17, 15) is 9.59 Å². The van der Waals surface area contributed by atoms with E-state index >= 15 is 0 Å². The molecule has 1 amide bonds. The van der Waals surface area contributed by atoms with Crippen molar-refractivity contribution in [1.29, 1.82) is 0 Å². The zero-order valence-electron chi connectivity index (χ0n) is 10.8. The minimum absolute atomic E-state index is 0.101. The van der Waals surface area contributed by atoms with Gasteiger partial charge in [-0.25, -0.2) is 0 Å². The number of amides is 1. The fourth-order valence-corrected chi connectivity index (χ4v) is 1.68. The third kappa shape index (κ3) is 5.57. The molecule has 0 radical (unpaired) electrons. The number of carbonyl (C=O) groups excluding carboxylic acids is 1. The van der Waals surface area contributed by atoms with Crippen LogP contribution >= 0.6 is 11.6 Å². The second-order valence-electron chi connectivity index (χ2n) is 4.35. The Bertz CT molecular complexity index is 511. The molecule has 0 heterocycles. The zero-order valence-corrected chi connectivity index (χ0v) is 11.6. The second kappa shape index (κ2) is 6.95. The number of hydrogen-bond donors (Lipinski definition) is 2. The van der Waals surface area contributed by atoms with Crippen LogP contribution in [0.2, 0.25) is 5.02 Å². The van der Waals surface area contributed by atoms with Gasteiger partial charge in [0.1, 0.15) is 0 Å². The highest BCUT2D eigenvalue weighted by atomic mass is 35.5. The van der Waals surface area contributed by atoms with Crippen molar-refractivity contribution in [3.63, 3.8) is 0 Å². The normalized spacial score (nSPS) is 12.4. The molecule has 0 spiro atoms. The van der Waals surface area contributed by atoms with Gasteiger partial charge in [0, 0.05) is 17.1 Å². The van der Waals surface area contributed by atoms with E-state index in [1.165, 1.54) is 6.08 Å². The van der Waals surface area contributed by atoms with E-state index in [4.69, 9.17) is 16.7 Å². The van der Waals surface area contributed by atoms with Crippen molar-refractivity contribution in [2.75, 3.05) is 0 Å². The lowest BCUT2D eigenvalue weighted by atomic mass is 10.1. The topological polar surface area (TPSA) is 66.4 Å². The van der Waals surface area contributed by atoms with Gasteiger partial charge in [-0.1, -0.05) is 23.7 Å². The first-order valence-electron chi connectivity index (χ1n) is 5.85. The highest BCUT2D eigenvalue weighted by molar-refractivity contribution is 6.31. The smallest absolute Gasteiger partial charge is 0.305 e. The van der Waals surface area contributed by atoms with Gasteiger partial charge in [-0.05, 0) is 37.1 Å². The average molecular weight is 282 g/mol. The summed E-state index contributed by atoms with van der Waals surface area (Å²) in [5.74, 6) is -1.27. The van der Waals surface area contributed by atoms with Crippen molar-refractivity contribution >= 4 is 29.6 Å². The van der Waals surface area contributed by atoms with Crippen molar-refractivity contribution in [3.8, 4) is 0 Å². The van der Waals surface area contributed by atoms with E-state index in [0.717, 1.165) is 11.1 Å². The average Bonchev–Trinajstić information content (AvgIpc) is 2.29. The Morgan fingerprint density at radius 1 is 1.47 bits per heavy atom. The summed E-state index contributed by atoms with van der Waals surface area (Å²) in [6.45, 7) is 3.54. The molecule has 0 bridgehead atoms. The molecule has 4 nitrogen and oxygen atoms in total. The number of carboxylic acid groups (broad SMARTS) is 1. The van der Waals surface area contributed by atoms with Crippen LogP contribution in [0.1, 0.15) is 24.5 Å². The molecule has 0 aliphatic rings. The Hall–Kier alpha value is -1.81. The fraction of sp³-hybridized carbons (Fsp3) is 0.286. The quantitative estimate of drug-likeness (QED) is 0.816. The number of halogens is 1. The van der Waals surface area contributed by atoms with E-state index in [2.05, 4.69) is 5.32 Å². The van der Waals surface area contributed by atoms with Crippen molar-refractivity contribution in [2.45, 2.75) is 26.3 Å². The number of aryl methyl sites for hydroxylation is 1. The highest BCUT2D eigenvalue weighted by Gasteiger charge is 2.08. The molecule has 1 rings (SSSR count). The molecule has 0 fully saturated rings. The molecule has 0 aliphatic heterocycles. The Morgan fingerprint density at radius 3 is 2.74 bits per heavy atom. The Labute approximate surface area is 117 Å². The fourth-order valence-electron chi connectivity index (χ4n) is 1.49. The summed E-state index contributed by atoms with van der Waals surface area (Å²) in [6, 6.07) is 5.08. The van der Waals surface area contributed by atoms with Gasteiger partial charge in [0.15, 0.2) is 0 Å². The minimum Gasteiger partial charge on any atom is -0.481 e. The molecule has 0 saturated heterocycles. The summed E-state index contributed by atoms with van der Waals surface area (Å²) in [4.78, 5) is 22.0. The number of aliphatic carboxylic acids is 1. The van der Waals surface area contributed by atoms with Gasteiger partial charge < -0.3 is 10.4 Å². The van der Waals surface area contributed by atoms with Gasteiger partial charge in [-0.3, -0.25) is 9.59 Å². The third-order valence-electron chi connectivity index (χ3n) is 2.49. The maximum atomic E-state index is 11.5. The van der Waals surface area contributed by atoms with Crippen LogP contribution in [-0.2, 0) is 9.59 Å². The molecule has 1 aromatic rings. The molecule has 5 heteroatoms. The van der Waals surface area contributed by atoms with Gasteiger partial charge in [0.2, 0.25) is 5.91 Å². The van der Waals surface area contributed by atoms with Crippen LogP contribution in [0.15, 0.2) is 24.3 Å². The molecule has 19 heavy (non-hydrogen) atoms. The van der Waals surface area contributed by atoms with E-state index in [1.54, 1.807) is 19.1 Å². The van der Waals surface area contributed by atoms with E-state index in [0.29, 0.717) is 5.02 Å². The molecular weight excluding hydrogens is 266 g/mol. The standard InChI is InChI=1S/C14H16ClNO3/c1-9-3-4-11(8-12(9)15)5-6-13(17)16-10(2)7-14(18)19/h3-6,8,10H,7H2,1-2H3,(H,16,17)(H,18,19)/b6-5+. The molecule has 102 valence electrons. The summed E-state index contributed by atoms with van der Waals surface area (Å²) < 4.78 is 0. The van der Waals surface area contributed by atoms with Crippen LogP contribution in [0.4, 0.5) is 0 Å². The lowest BCUT2D eigenvalue weighted by Gasteiger charge is -2.08. The molecule has 1 atom stereocenters. The Morgan fingerprint density at radius 2 is 2.16 bits per heavy atom. The predicted octanol–water partition coefficient (Wildman–Crippen LogP) is 2.64. The lowest BCUT2D eigenvalue weighted by molar-refractivity contribution is -0.137. The van der Waals surface area contributed by atoms with Crippen LogP contribution in [0.25, 0.3) is 6.08 Å². The number of carbonyl (C=O) groups is 2. The SMILES string of the molecule is Cc1ccc(/C=C/C(=O)NC(C)CC(=O)O)cc1Cl. The molecule has 0 saturated carbocycles. The number of nitrogens with one attached hydrogen (secondary N) is 1. The van der Waals surface area contributed by atoms with E-state index < -0.39 is 12.0 Å². The van der Waals surface area contributed by atoms with E-state index in [-0.39, 0.29) is 12.3 Å². The van der Waals surface area contributed by atoms with Crippen LogP contribution in [0, 0.1) is 6.92 Å². The Kier molecular flexibility index (Phi) is 5.57. The molecule has 0 aliphatic carbocycles. The molecule has 1 unspecified atom stereocenters. The number of rotatable bonds is 5. The second-order valence-corrected chi connectivity index (χ2v) is 4.76. The van der Waals surface area contributed by atoms with Crippen LogP contribution in [0.5, 0.6) is 0 Å². The first-order valence-corrected chi connectivity index (χ1v) is 6.23. The summed E-state index contributed by atoms with van der Waals surface area (Å²) in [5.41, 5.74) is 1.79. The van der Waals surface area contributed by atoms with Crippen LogP contribution in [-0.4, -0.2) is 23.0 Å². The van der Waals surface area contributed by atoms with Gasteiger partial charge in [-0.15, -0.1) is 0 Å². The molecule has 2 N–H and O–H groups in total. The number of carboxylic acids is 1.